The van der Waals surface area contributed by atoms with E-state index in [1.165, 1.54) is 0 Å². The Hall–Kier alpha value is -1.45. The molecule has 0 spiro atoms. The molecule has 2 aromatic rings. The van der Waals surface area contributed by atoms with Crippen molar-refractivity contribution < 1.29 is 8.78 Å². The molecule has 0 aliphatic rings. The van der Waals surface area contributed by atoms with E-state index >= 15 is 0 Å². The van der Waals surface area contributed by atoms with Crippen LogP contribution in [0.2, 0.25) is 5.02 Å². The molecule has 0 aliphatic heterocycles. The first kappa shape index (κ1) is 15.9. The normalized spacial score (nSPS) is 12.5. The summed E-state index contributed by atoms with van der Waals surface area (Å²) in [5, 5.41) is 3.86. The lowest BCUT2D eigenvalue weighted by atomic mass is 9.95. The first-order valence-electron chi connectivity index (χ1n) is 6.89. The maximum Gasteiger partial charge on any atom is 0.164 e. The summed E-state index contributed by atoms with van der Waals surface area (Å²) in [6, 6.07) is 8.33. The van der Waals surface area contributed by atoms with Gasteiger partial charge in [0.2, 0.25) is 0 Å². The van der Waals surface area contributed by atoms with Crippen molar-refractivity contribution in [2.75, 3.05) is 6.54 Å². The van der Waals surface area contributed by atoms with Gasteiger partial charge in [0, 0.05) is 10.6 Å². The molecule has 0 heterocycles. The average molecular weight is 310 g/mol. The number of hydrogen-bond acceptors (Lipinski definition) is 1. The number of rotatable bonds is 4. The smallest absolute Gasteiger partial charge is 0.164 e. The molecule has 4 heteroatoms. The van der Waals surface area contributed by atoms with Crippen LogP contribution in [0, 0.1) is 25.5 Å². The van der Waals surface area contributed by atoms with E-state index in [0.29, 0.717) is 22.7 Å². The molecule has 0 aliphatic carbocycles. The number of aryl methyl sites for hydroxylation is 2. The Labute approximate surface area is 128 Å². The van der Waals surface area contributed by atoms with Gasteiger partial charge >= 0.3 is 0 Å². The first-order chi connectivity index (χ1) is 9.95. The van der Waals surface area contributed by atoms with E-state index < -0.39 is 17.7 Å². The summed E-state index contributed by atoms with van der Waals surface area (Å²) in [5.74, 6) is -1.59. The van der Waals surface area contributed by atoms with Gasteiger partial charge in [0.15, 0.2) is 11.6 Å². The quantitative estimate of drug-likeness (QED) is 0.844. The zero-order valence-corrected chi connectivity index (χ0v) is 13.1. The molecule has 1 N–H and O–H groups in total. The van der Waals surface area contributed by atoms with Gasteiger partial charge in [-0.25, -0.2) is 8.78 Å². The molecule has 0 aromatic heterocycles. The molecule has 1 nitrogen and oxygen atoms in total. The highest BCUT2D eigenvalue weighted by atomic mass is 35.5. The number of hydrogen-bond donors (Lipinski definition) is 1. The molecule has 0 amide bonds. The molecule has 0 fully saturated rings. The average Bonchev–Trinajstić information content (AvgIpc) is 2.46. The third-order valence-electron chi connectivity index (χ3n) is 3.54. The van der Waals surface area contributed by atoms with Crippen molar-refractivity contribution in [2.45, 2.75) is 26.8 Å². The molecular weight excluding hydrogens is 292 g/mol. The zero-order chi connectivity index (χ0) is 15.6. The number of benzene rings is 2. The van der Waals surface area contributed by atoms with E-state index in [4.69, 9.17) is 11.6 Å². The third kappa shape index (κ3) is 3.25. The number of halogens is 3. The Bertz CT molecular complexity index is 655. The molecule has 0 saturated carbocycles. The van der Waals surface area contributed by atoms with Gasteiger partial charge in [-0.2, -0.15) is 0 Å². The van der Waals surface area contributed by atoms with Gasteiger partial charge in [0.1, 0.15) is 0 Å². The largest absolute Gasteiger partial charge is 0.306 e. The Morgan fingerprint density at radius 2 is 1.76 bits per heavy atom. The van der Waals surface area contributed by atoms with Gasteiger partial charge in [0.05, 0.1) is 6.04 Å². The Morgan fingerprint density at radius 3 is 2.38 bits per heavy atom. The molecule has 0 saturated heterocycles. The fourth-order valence-corrected chi connectivity index (χ4v) is 2.46. The summed E-state index contributed by atoms with van der Waals surface area (Å²) >= 11 is 6.03. The van der Waals surface area contributed by atoms with E-state index in [1.54, 1.807) is 25.1 Å². The van der Waals surface area contributed by atoms with Crippen LogP contribution in [0.25, 0.3) is 0 Å². The van der Waals surface area contributed by atoms with Crippen LogP contribution in [0.5, 0.6) is 0 Å². The summed E-state index contributed by atoms with van der Waals surface area (Å²) in [6.07, 6.45) is 0. The van der Waals surface area contributed by atoms with Crippen molar-refractivity contribution in [3.8, 4) is 0 Å². The van der Waals surface area contributed by atoms with Crippen LogP contribution >= 0.6 is 11.6 Å². The molecular formula is C17H18ClF2N. The maximum atomic E-state index is 14.3. The van der Waals surface area contributed by atoms with E-state index in [2.05, 4.69) is 5.32 Å². The Morgan fingerprint density at radius 1 is 1.05 bits per heavy atom. The standard InChI is InChI=1S/C17H18ClF2N/c1-4-21-17(12-6-8-14(18)11(3)9-12)13-7-5-10(2)15(19)16(13)20/h5-9,17,21H,4H2,1-3H3. The predicted molar refractivity (Wildman–Crippen MR) is 82.8 cm³/mol. The van der Waals surface area contributed by atoms with Crippen molar-refractivity contribution >= 4 is 11.6 Å². The van der Waals surface area contributed by atoms with Gasteiger partial charge in [-0.05, 0) is 43.1 Å². The summed E-state index contributed by atoms with van der Waals surface area (Å²) in [5.41, 5.74) is 2.38. The van der Waals surface area contributed by atoms with E-state index in [0.717, 1.165) is 11.1 Å². The van der Waals surface area contributed by atoms with Crippen LogP contribution in [-0.4, -0.2) is 6.54 Å². The van der Waals surface area contributed by atoms with Gasteiger partial charge in [-0.1, -0.05) is 42.8 Å². The van der Waals surface area contributed by atoms with E-state index in [1.807, 2.05) is 26.0 Å². The maximum absolute atomic E-state index is 14.3. The van der Waals surface area contributed by atoms with Gasteiger partial charge in [0.25, 0.3) is 0 Å². The molecule has 0 radical (unpaired) electrons. The lowest BCUT2D eigenvalue weighted by Gasteiger charge is -2.21. The highest BCUT2D eigenvalue weighted by Crippen LogP contribution is 2.29. The molecule has 1 atom stereocenters. The van der Waals surface area contributed by atoms with Crippen LogP contribution in [0.4, 0.5) is 8.78 Å². The van der Waals surface area contributed by atoms with Crippen LogP contribution in [0.15, 0.2) is 30.3 Å². The van der Waals surface area contributed by atoms with E-state index in [9.17, 15) is 8.78 Å². The fraction of sp³-hybridized carbons (Fsp3) is 0.294. The van der Waals surface area contributed by atoms with Gasteiger partial charge in [-0.3, -0.25) is 0 Å². The first-order valence-corrected chi connectivity index (χ1v) is 7.27. The predicted octanol–water partition coefficient (Wildman–Crippen LogP) is 4.93. The lowest BCUT2D eigenvalue weighted by molar-refractivity contribution is 0.478. The SMILES string of the molecule is CCNC(c1ccc(Cl)c(C)c1)c1ccc(C)c(F)c1F. The third-order valence-corrected chi connectivity index (χ3v) is 3.96. The Kier molecular flexibility index (Phi) is 4.96. The van der Waals surface area contributed by atoms with Crippen LogP contribution in [-0.2, 0) is 0 Å². The second-order valence-corrected chi connectivity index (χ2v) is 5.51. The minimum atomic E-state index is -0.798. The van der Waals surface area contributed by atoms with Crippen molar-refractivity contribution in [2.24, 2.45) is 0 Å². The van der Waals surface area contributed by atoms with Crippen LogP contribution < -0.4 is 5.32 Å². The van der Waals surface area contributed by atoms with Gasteiger partial charge < -0.3 is 5.32 Å². The summed E-state index contributed by atoms with van der Waals surface area (Å²) < 4.78 is 28.1. The number of nitrogens with one attached hydrogen (secondary N) is 1. The molecule has 2 rings (SSSR count). The fourth-order valence-electron chi connectivity index (χ4n) is 2.34. The van der Waals surface area contributed by atoms with Crippen molar-refractivity contribution in [1.82, 2.24) is 5.32 Å². The minimum Gasteiger partial charge on any atom is -0.306 e. The monoisotopic (exact) mass is 309 g/mol. The highest BCUT2D eigenvalue weighted by Gasteiger charge is 2.21. The van der Waals surface area contributed by atoms with Gasteiger partial charge in [-0.15, -0.1) is 0 Å². The molecule has 0 bridgehead atoms. The Balaban J connectivity index is 2.53. The van der Waals surface area contributed by atoms with Crippen LogP contribution in [0.1, 0.15) is 35.2 Å². The minimum absolute atomic E-state index is 0.304. The van der Waals surface area contributed by atoms with Crippen molar-refractivity contribution in [3.05, 3.63) is 69.2 Å². The second kappa shape index (κ2) is 6.54. The summed E-state index contributed by atoms with van der Waals surface area (Å²) in [4.78, 5) is 0. The van der Waals surface area contributed by atoms with Crippen molar-refractivity contribution in [3.63, 3.8) is 0 Å². The van der Waals surface area contributed by atoms with Crippen LogP contribution in [0.3, 0.4) is 0 Å². The molecule has 1 unspecified atom stereocenters. The lowest BCUT2D eigenvalue weighted by Crippen LogP contribution is -2.23. The molecule has 112 valence electrons. The van der Waals surface area contributed by atoms with E-state index in [-0.39, 0.29) is 0 Å². The van der Waals surface area contributed by atoms with Crippen molar-refractivity contribution in [1.29, 1.82) is 0 Å². The second-order valence-electron chi connectivity index (χ2n) is 5.10. The highest BCUT2D eigenvalue weighted by molar-refractivity contribution is 6.31. The summed E-state index contributed by atoms with van der Waals surface area (Å²) in [6.45, 7) is 6.01. The molecule has 21 heavy (non-hydrogen) atoms. The molecule has 2 aromatic carbocycles. The topological polar surface area (TPSA) is 12.0 Å². The zero-order valence-electron chi connectivity index (χ0n) is 12.3. The summed E-state index contributed by atoms with van der Waals surface area (Å²) in [7, 11) is 0.